The first-order chi connectivity index (χ1) is 8.37. The van der Waals surface area contributed by atoms with Crippen LogP contribution in [0.25, 0.3) is 0 Å². The normalized spacial score (nSPS) is 15.6. The monoisotopic (exact) mass is 278 g/mol. The van der Waals surface area contributed by atoms with Gasteiger partial charge in [-0.3, -0.25) is 4.79 Å². The lowest BCUT2D eigenvalue weighted by Crippen LogP contribution is -2.40. The predicted octanol–water partition coefficient (Wildman–Crippen LogP) is 2.90. The van der Waals surface area contributed by atoms with Crippen molar-refractivity contribution in [1.82, 2.24) is 9.88 Å². The van der Waals surface area contributed by atoms with Crippen molar-refractivity contribution in [2.24, 2.45) is 0 Å². The molecule has 1 saturated carbocycles. The third-order valence-electron chi connectivity index (χ3n) is 2.57. The van der Waals surface area contributed by atoms with Gasteiger partial charge in [0.05, 0.1) is 5.56 Å². The average Bonchev–Trinajstić information content (AvgIpc) is 3.08. The zero-order valence-electron chi connectivity index (χ0n) is 9.25. The van der Waals surface area contributed by atoms with Crippen LogP contribution < -0.4 is 0 Å². The second-order valence-electron chi connectivity index (χ2n) is 4.15. The van der Waals surface area contributed by atoms with Gasteiger partial charge in [-0.2, -0.15) is 13.2 Å². The summed E-state index contributed by atoms with van der Waals surface area (Å²) in [5.41, 5.74) is 0.121. The second-order valence-corrected chi connectivity index (χ2v) is 4.54. The Balaban J connectivity index is 2.15. The van der Waals surface area contributed by atoms with Crippen molar-refractivity contribution < 1.29 is 18.0 Å². The van der Waals surface area contributed by atoms with Crippen LogP contribution in [-0.4, -0.2) is 34.6 Å². The highest BCUT2D eigenvalue weighted by Crippen LogP contribution is 2.31. The number of rotatable bonds is 3. The maximum Gasteiger partial charge on any atom is 0.406 e. The van der Waals surface area contributed by atoms with E-state index >= 15 is 0 Å². The Kier molecular flexibility index (Phi) is 3.47. The molecule has 7 heteroatoms. The van der Waals surface area contributed by atoms with Gasteiger partial charge in [-0.1, -0.05) is 11.6 Å². The van der Waals surface area contributed by atoms with E-state index in [2.05, 4.69) is 4.98 Å². The number of amides is 1. The molecule has 0 atom stereocenters. The van der Waals surface area contributed by atoms with E-state index in [1.165, 1.54) is 18.3 Å². The molecule has 1 aliphatic rings. The van der Waals surface area contributed by atoms with Crippen LogP contribution in [0, 0.1) is 0 Å². The fourth-order valence-corrected chi connectivity index (χ4v) is 1.73. The standard InChI is InChI=1S/C11H10ClF3N2O/c12-9-4-1-7(5-16-9)10(18)17(8-2-3-8)6-11(13,14)15/h1,4-5,8H,2-3,6H2. The largest absolute Gasteiger partial charge is 0.406 e. The van der Waals surface area contributed by atoms with Gasteiger partial charge in [0.15, 0.2) is 0 Å². The molecule has 0 aromatic carbocycles. The molecule has 18 heavy (non-hydrogen) atoms. The highest BCUT2D eigenvalue weighted by atomic mass is 35.5. The van der Waals surface area contributed by atoms with Crippen molar-refractivity contribution in [3.8, 4) is 0 Å². The van der Waals surface area contributed by atoms with Gasteiger partial charge in [0, 0.05) is 12.2 Å². The van der Waals surface area contributed by atoms with Crippen molar-refractivity contribution in [3.05, 3.63) is 29.0 Å². The van der Waals surface area contributed by atoms with E-state index in [1.807, 2.05) is 0 Å². The number of carbonyl (C=O) groups excluding carboxylic acids is 1. The lowest BCUT2D eigenvalue weighted by molar-refractivity contribution is -0.141. The maximum absolute atomic E-state index is 12.4. The van der Waals surface area contributed by atoms with Crippen LogP contribution in [-0.2, 0) is 0 Å². The maximum atomic E-state index is 12.4. The molecule has 1 aromatic rings. The van der Waals surface area contributed by atoms with E-state index < -0.39 is 18.6 Å². The van der Waals surface area contributed by atoms with Gasteiger partial charge in [-0.25, -0.2) is 4.98 Å². The number of carbonyl (C=O) groups is 1. The van der Waals surface area contributed by atoms with E-state index in [0.29, 0.717) is 12.8 Å². The van der Waals surface area contributed by atoms with Gasteiger partial charge in [0.25, 0.3) is 5.91 Å². The first-order valence-electron chi connectivity index (χ1n) is 5.36. The van der Waals surface area contributed by atoms with Crippen LogP contribution in [0.15, 0.2) is 18.3 Å². The van der Waals surface area contributed by atoms with Crippen molar-refractivity contribution in [2.45, 2.75) is 25.1 Å². The molecule has 0 unspecified atom stereocenters. The third kappa shape index (κ3) is 3.35. The summed E-state index contributed by atoms with van der Waals surface area (Å²) in [6.45, 7) is -1.22. The van der Waals surface area contributed by atoms with E-state index in [1.54, 1.807) is 0 Å². The lowest BCUT2D eigenvalue weighted by atomic mass is 10.2. The molecular weight excluding hydrogens is 269 g/mol. The Hall–Kier alpha value is -1.30. The highest BCUT2D eigenvalue weighted by Gasteiger charge is 2.40. The molecule has 1 amide bonds. The molecule has 0 N–H and O–H groups in total. The van der Waals surface area contributed by atoms with Crippen molar-refractivity contribution in [3.63, 3.8) is 0 Å². The molecule has 1 aliphatic carbocycles. The molecule has 1 fully saturated rings. The summed E-state index contributed by atoms with van der Waals surface area (Å²) in [6.07, 6.45) is -1.97. The van der Waals surface area contributed by atoms with Crippen LogP contribution >= 0.6 is 11.6 Å². The summed E-state index contributed by atoms with van der Waals surface area (Å²) in [4.78, 5) is 16.5. The Morgan fingerprint density at radius 3 is 2.56 bits per heavy atom. The minimum atomic E-state index is -4.39. The molecule has 0 saturated heterocycles. The molecule has 0 aliphatic heterocycles. The SMILES string of the molecule is O=C(c1ccc(Cl)nc1)N(CC(F)(F)F)C1CC1. The molecular formula is C11H10ClF3N2O. The highest BCUT2D eigenvalue weighted by molar-refractivity contribution is 6.29. The molecule has 0 bridgehead atoms. The molecule has 1 aromatic heterocycles. The zero-order valence-corrected chi connectivity index (χ0v) is 10.0. The van der Waals surface area contributed by atoms with Crippen LogP contribution in [0.3, 0.4) is 0 Å². The number of hydrogen-bond donors (Lipinski definition) is 0. The van der Waals surface area contributed by atoms with Crippen LogP contribution in [0.1, 0.15) is 23.2 Å². The summed E-state index contributed by atoms with van der Waals surface area (Å²) in [5, 5.41) is 0.195. The van der Waals surface area contributed by atoms with Gasteiger partial charge in [0.2, 0.25) is 0 Å². The molecule has 2 rings (SSSR count). The Morgan fingerprint density at radius 2 is 2.11 bits per heavy atom. The number of hydrogen-bond acceptors (Lipinski definition) is 2. The fourth-order valence-electron chi connectivity index (χ4n) is 1.61. The number of pyridine rings is 1. The van der Waals surface area contributed by atoms with Gasteiger partial charge < -0.3 is 4.90 Å². The summed E-state index contributed by atoms with van der Waals surface area (Å²) in [7, 11) is 0. The molecule has 3 nitrogen and oxygen atoms in total. The smallest absolute Gasteiger partial charge is 0.327 e. The fraction of sp³-hybridized carbons (Fsp3) is 0.455. The number of halogens is 4. The Morgan fingerprint density at radius 1 is 1.44 bits per heavy atom. The summed E-state index contributed by atoms with van der Waals surface area (Å²) in [6, 6.07) is 2.45. The number of alkyl halides is 3. The molecule has 1 heterocycles. The number of aromatic nitrogens is 1. The zero-order chi connectivity index (χ0) is 13.3. The topological polar surface area (TPSA) is 33.2 Å². The van der Waals surface area contributed by atoms with Crippen LogP contribution in [0.4, 0.5) is 13.2 Å². The average molecular weight is 279 g/mol. The summed E-state index contributed by atoms with van der Waals surface area (Å²) >= 11 is 5.56. The van der Waals surface area contributed by atoms with Gasteiger partial charge in [-0.05, 0) is 25.0 Å². The molecule has 0 radical (unpaired) electrons. The van der Waals surface area contributed by atoms with Gasteiger partial charge in [0.1, 0.15) is 11.7 Å². The molecule has 0 spiro atoms. The minimum absolute atomic E-state index is 0.121. The minimum Gasteiger partial charge on any atom is -0.327 e. The van der Waals surface area contributed by atoms with Gasteiger partial charge >= 0.3 is 6.18 Å². The Labute approximate surface area is 107 Å². The first kappa shape index (κ1) is 13.1. The first-order valence-corrected chi connectivity index (χ1v) is 5.74. The molecule has 98 valence electrons. The van der Waals surface area contributed by atoms with Crippen molar-refractivity contribution >= 4 is 17.5 Å². The van der Waals surface area contributed by atoms with Gasteiger partial charge in [-0.15, -0.1) is 0 Å². The predicted molar refractivity (Wildman–Crippen MR) is 59.4 cm³/mol. The van der Waals surface area contributed by atoms with E-state index in [0.717, 1.165) is 4.90 Å². The third-order valence-corrected chi connectivity index (χ3v) is 2.80. The van der Waals surface area contributed by atoms with Crippen molar-refractivity contribution in [1.29, 1.82) is 0 Å². The summed E-state index contributed by atoms with van der Waals surface area (Å²) in [5.74, 6) is -0.654. The Bertz CT molecular complexity index is 443. The second kappa shape index (κ2) is 4.76. The van der Waals surface area contributed by atoms with Crippen LogP contribution in [0.2, 0.25) is 5.15 Å². The van der Waals surface area contributed by atoms with E-state index in [-0.39, 0.29) is 16.8 Å². The summed E-state index contributed by atoms with van der Waals surface area (Å²) < 4.78 is 37.2. The van der Waals surface area contributed by atoms with Crippen molar-refractivity contribution in [2.75, 3.05) is 6.54 Å². The van der Waals surface area contributed by atoms with E-state index in [4.69, 9.17) is 11.6 Å². The quantitative estimate of drug-likeness (QED) is 0.797. The lowest BCUT2D eigenvalue weighted by Gasteiger charge is -2.23. The van der Waals surface area contributed by atoms with Crippen LogP contribution in [0.5, 0.6) is 0 Å². The van der Waals surface area contributed by atoms with E-state index in [9.17, 15) is 18.0 Å². The number of nitrogens with zero attached hydrogens (tertiary/aromatic N) is 2.